The molecule has 2 aromatic carbocycles. The Morgan fingerprint density at radius 2 is 2.05 bits per heavy atom. The first-order valence-corrected chi connectivity index (χ1v) is 6.20. The molecule has 0 fully saturated rings. The van der Waals surface area contributed by atoms with Crippen molar-refractivity contribution in [3.63, 3.8) is 0 Å². The van der Waals surface area contributed by atoms with Gasteiger partial charge in [-0.05, 0) is 36.8 Å². The molecule has 0 aliphatic heterocycles. The Morgan fingerprint density at radius 1 is 1.30 bits per heavy atom. The molecule has 0 unspecified atom stereocenters. The van der Waals surface area contributed by atoms with Crippen molar-refractivity contribution in [2.45, 2.75) is 13.5 Å². The number of benzene rings is 2. The summed E-state index contributed by atoms with van der Waals surface area (Å²) in [5.41, 5.74) is 1.16. The lowest BCUT2D eigenvalue weighted by Gasteiger charge is -2.08. The van der Waals surface area contributed by atoms with Crippen LogP contribution < -0.4 is 4.74 Å². The minimum atomic E-state index is -0.483. The number of halogens is 1. The summed E-state index contributed by atoms with van der Waals surface area (Å²) >= 11 is 5.84. The van der Waals surface area contributed by atoms with Crippen LogP contribution in [0, 0.1) is 17.0 Å². The fourth-order valence-corrected chi connectivity index (χ4v) is 2.02. The molecule has 6 heteroatoms. The van der Waals surface area contributed by atoms with E-state index in [2.05, 4.69) is 0 Å². The van der Waals surface area contributed by atoms with Crippen molar-refractivity contribution in [1.82, 2.24) is 0 Å². The molecule has 0 atom stereocenters. The van der Waals surface area contributed by atoms with Crippen LogP contribution in [0.15, 0.2) is 36.4 Å². The summed E-state index contributed by atoms with van der Waals surface area (Å²) in [4.78, 5) is 10.4. The van der Waals surface area contributed by atoms with Crippen LogP contribution in [0.3, 0.4) is 0 Å². The highest BCUT2D eigenvalue weighted by Gasteiger charge is 2.14. The molecule has 2 aromatic rings. The first kappa shape index (κ1) is 14.1. The Kier molecular flexibility index (Phi) is 4.10. The van der Waals surface area contributed by atoms with Gasteiger partial charge in [-0.2, -0.15) is 0 Å². The third-order valence-electron chi connectivity index (χ3n) is 2.67. The maximum atomic E-state index is 10.9. The first-order valence-electron chi connectivity index (χ1n) is 5.82. The van der Waals surface area contributed by atoms with E-state index < -0.39 is 4.92 Å². The van der Waals surface area contributed by atoms with Gasteiger partial charge in [-0.3, -0.25) is 10.1 Å². The zero-order valence-electron chi connectivity index (χ0n) is 10.7. The van der Waals surface area contributed by atoms with Gasteiger partial charge in [0, 0.05) is 17.2 Å². The van der Waals surface area contributed by atoms with Gasteiger partial charge >= 0.3 is 0 Å². The van der Waals surface area contributed by atoms with Gasteiger partial charge in [0.25, 0.3) is 5.69 Å². The van der Waals surface area contributed by atoms with E-state index in [0.29, 0.717) is 16.3 Å². The molecule has 20 heavy (non-hydrogen) atoms. The van der Waals surface area contributed by atoms with E-state index >= 15 is 0 Å². The smallest absolute Gasteiger partial charge is 0.276 e. The van der Waals surface area contributed by atoms with E-state index in [4.69, 9.17) is 16.3 Å². The van der Waals surface area contributed by atoms with E-state index in [9.17, 15) is 15.2 Å². The number of ether oxygens (including phenoxy) is 1. The van der Waals surface area contributed by atoms with Crippen molar-refractivity contribution in [2.24, 2.45) is 0 Å². The van der Waals surface area contributed by atoms with Crippen LogP contribution in [0.2, 0.25) is 5.02 Å². The highest BCUT2D eigenvalue weighted by atomic mass is 35.5. The molecule has 0 aliphatic carbocycles. The number of aromatic hydroxyl groups is 1. The molecule has 0 amide bonds. The lowest BCUT2D eigenvalue weighted by Crippen LogP contribution is -2.00. The number of aryl methyl sites for hydroxylation is 1. The fourth-order valence-electron chi connectivity index (χ4n) is 1.82. The predicted octanol–water partition coefficient (Wildman–Crippen LogP) is 3.84. The molecule has 0 saturated heterocycles. The van der Waals surface area contributed by atoms with E-state index in [1.807, 2.05) is 6.92 Å². The third kappa shape index (κ3) is 3.39. The van der Waals surface area contributed by atoms with E-state index in [1.54, 1.807) is 12.1 Å². The minimum Gasteiger partial charge on any atom is -0.508 e. The second-order valence-electron chi connectivity index (χ2n) is 4.32. The standard InChI is InChI=1S/C14H12ClNO4/c1-9-4-12(17)7-13(5-9)20-8-10-6-11(15)2-3-14(10)16(18)19/h2-7,17H,8H2,1H3. The van der Waals surface area contributed by atoms with Crippen molar-refractivity contribution < 1.29 is 14.8 Å². The zero-order valence-corrected chi connectivity index (χ0v) is 11.4. The number of hydrogen-bond acceptors (Lipinski definition) is 4. The second kappa shape index (κ2) is 5.79. The van der Waals surface area contributed by atoms with Crippen LogP contribution in [0.4, 0.5) is 5.69 Å². The SMILES string of the molecule is Cc1cc(O)cc(OCc2cc(Cl)ccc2[N+](=O)[O-])c1. The normalized spacial score (nSPS) is 10.3. The maximum absolute atomic E-state index is 10.9. The predicted molar refractivity (Wildman–Crippen MR) is 75.3 cm³/mol. The second-order valence-corrected chi connectivity index (χ2v) is 4.76. The summed E-state index contributed by atoms with van der Waals surface area (Å²) < 4.78 is 5.48. The van der Waals surface area contributed by atoms with Crippen molar-refractivity contribution in [2.75, 3.05) is 0 Å². The summed E-state index contributed by atoms with van der Waals surface area (Å²) in [6.07, 6.45) is 0. The van der Waals surface area contributed by atoms with Crippen molar-refractivity contribution in [1.29, 1.82) is 0 Å². The zero-order chi connectivity index (χ0) is 14.7. The number of nitrogens with zero attached hydrogens (tertiary/aromatic N) is 1. The number of hydrogen-bond donors (Lipinski definition) is 1. The number of phenolic OH excluding ortho intramolecular Hbond substituents is 1. The topological polar surface area (TPSA) is 72.6 Å². The average molecular weight is 294 g/mol. The molecule has 5 nitrogen and oxygen atoms in total. The van der Waals surface area contributed by atoms with E-state index in [0.717, 1.165) is 5.56 Å². The van der Waals surface area contributed by atoms with Crippen molar-refractivity contribution in [3.05, 3.63) is 62.7 Å². The lowest BCUT2D eigenvalue weighted by molar-refractivity contribution is -0.385. The van der Waals surface area contributed by atoms with Crippen molar-refractivity contribution in [3.8, 4) is 11.5 Å². The maximum Gasteiger partial charge on any atom is 0.276 e. The number of phenols is 1. The molecule has 0 bridgehead atoms. The monoisotopic (exact) mass is 293 g/mol. The Labute approximate surface area is 120 Å². The summed E-state index contributed by atoms with van der Waals surface area (Å²) in [7, 11) is 0. The largest absolute Gasteiger partial charge is 0.508 e. The van der Waals surface area contributed by atoms with Crippen LogP contribution in [0.5, 0.6) is 11.5 Å². The van der Waals surface area contributed by atoms with E-state index in [1.165, 1.54) is 24.3 Å². The van der Waals surface area contributed by atoms with Gasteiger partial charge in [0.15, 0.2) is 0 Å². The van der Waals surface area contributed by atoms with Gasteiger partial charge in [-0.25, -0.2) is 0 Å². The molecule has 0 aliphatic rings. The Morgan fingerprint density at radius 3 is 2.70 bits per heavy atom. The highest BCUT2D eigenvalue weighted by Crippen LogP contribution is 2.26. The molecule has 0 aromatic heterocycles. The van der Waals surface area contributed by atoms with Gasteiger partial charge in [-0.15, -0.1) is 0 Å². The van der Waals surface area contributed by atoms with Crippen LogP contribution in [0.25, 0.3) is 0 Å². The summed E-state index contributed by atoms with van der Waals surface area (Å²) in [6.45, 7) is 1.81. The molecule has 0 spiro atoms. The minimum absolute atomic E-state index is 0.000231. The lowest BCUT2D eigenvalue weighted by atomic mass is 10.2. The van der Waals surface area contributed by atoms with Gasteiger partial charge < -0.3 is 9.84 Å². The van der Waals surface area contributed by atoms with Crippen LogP contribution >= 0.6 is 11.6 Å². The van der Waals surface area contributed by atoms with Crippen LogP contribution in [-0.2, 0) is 6.61 Å². The molecule has 1 N–H and O–H groups in total. The molecule has 104 valence electrons. The number of nitro benzene ring substituents is 1. The molecular weight excluding hydrogens is 282 g/mol. The summed E-state index contributed by atoms with van der Waals surface area (Å²) in [5, 5.41) is 20.8. The highest BCUT2D eigenvalue weighted by molar-refractivity contribution is 6.30. The van der Waals surface area contributed by atoms with Gasteiger partial charge in [0.2, 0.25) is 0 Å². The van der Waals surface area contributed by atoms with Crippen LogP contribution in [0.1, 0.15) is 11.1 Å². The van der Waals surface area contributed by atoms with Crippen molar-refractivity contribution >= 4 is 17.3 Å². The summed E-state index contributed by atoms with van der Waals surface area (Å²) in [5.74, 6) is 0.525. The van der Waals surface area contributed by atoms with Crippen LogP contribution in [-0.4, -0.2) is 10.0 Å². The first-order chi connectivity index (χ1) is 9.45. The molecule has 0 saturated carbocycles. The van der Waals surface area contributed by atoms with Gasteiger partial charge in [-0.1, -0.05) is 11.6 Å². The number of rotatable bonds is 4. The quantitative estimate of drug-likeness (QED) is 0.686. The van der Waals surface area contributed by atoms with Gasteiger partial charge in [0.1, 0.15) is 18.1 Å². The number of nitro groups is 1. The Balaban J connectivity index is 2.22. The summed E-state index contributed by atoms with van der Waals surface area (Å²) in [6, 6.07) is 9.07. The molecular formula is C14H12ClNO4. The molecule has 2 rings (SSSR count). The third-order valence-corrected chi connectivity index (χ3v) is 2.90. The van der Waals surface area contributed by atoms with E-state index in [-0.39, 0.29) is 18.0 Å². The Bertz CT molecular complexity index is 637. The molecule has 0 heterocycles. The molecule has 0 radical (unpaired) electrons. The average Bonchev–Trinajstić information content (AvgIpc) is 2.35. The van der Waals surface area contributed by atoms with Gasteiger partial charge in [0.05, 0.1) is 10.5 Å². The Hall–Kier alpha value is -2.27. The fraction of sp³-hybridized carbons (Fsp3) is 0.143.